The Morgan fingerprint density at radius 2 is 2.03 bits per heavy atom. The van der Waals surface area contributed by atoms with Gasteiger partial charge in [-0.15, -0.1) is 34.2 Å². The van der Waals surface area contributed by atoms with E-state index in [1.165, 1.54) is 0 Å². The SMILES string of the molecule is CCc1nc2n(n1)CC(NC(=NCc1ccc(OC)cc1)NCc1nnc(C)n1C)CC2.I. The van der Waals surface area contributed by atoms with Gasteiger partial charge in [-0.1, -0.05) is 19.1 Å². The number of hydrogen-bond donors (Lipinski definition) is 2. The van der Waals surface area contributed by atoms with Crippen molar-refractivity contribution < 1.29 is 4.74 Å². The number of fused-ring (bicyclic) bond motifs is 1. The number of ether oxygens (including phenoxy) is 1. The second-order valence-corrected chi connectivity index (χ2v) is 7.95. The van der Waals surface area contributed by atoms with Crippen LogP contribution < -0.4 is 15.4 Å². The number of guanidine groups is 1. The van der Waals surface area contributed by atoms with Crippen LogP contribution in [0.3, 0.4) is 0 Å². The Balaban J connectivity index is 0.00000306. The molecule has 0 fully saturated rings. The van der Waals surface area contributed by atoms with Crippen molar-refractivity contribution >= 4 is 29.9 Å². The maximum Gasteiger partial charge on any atom is 0.192 e. The van der Waals surface area contributed by atoms with Gasteiger partial charge in [-0.2, -0.15) is 5.10 Å². The minimum atomic E-state index is 0. The van der Waals surface area contributed by atoms with E-state index >= 15 is 0 Å². The molecular formula is C22H32IN9O. The Bertz CT molecular complexity index is 1070. The third-order valence-corrected chi connectivity index (χ3v) is 5.73. The Kier molecular flexibility index (Phi) is 8.64. The van der Waals surface area contributed by atoms with E-state index in [2.05, 4.69) is 37.8 Å². The molecule has 0 radical (unpaired) electrons. The number of rotatable bonds is 7. The van der Waals surface area contributed by atoms with E-state index in [9.17, 15) is 0 Å². The molecule has 1 aliphatic rings. The molecule has 2 aromatic heterocycles. The highest BCUT2D eigenvalue weighted by Gasteiger charge is 2.22. The quantitative estimate of drug-likeness (QED) is 0.257. The molecule has 0 saturated carbocycles. The first-order valence-electron chi connectivity index (χ1n) is 11.0. The lowest BCUT2D eigenvalue weighted by Crippen LogP contribution is -2.47. The molecule has 4 rings (SSSR count). The van der Waals surface area contributed by atoms with Crippen molar-refractivity contribution in [1.29, 1.82) is 0 Å². The van der Waals surface area contributed by atoms with Gasteiger partial charge in [-0.3, -0.25) is 0 Å². The lowest BCUT2D eigenvalue weighted by atomic mass is 10.1. The van der Waals surface area contributed by atoms with Gasteiger partial charge < -0.3 is 19.9 Å². The van der Waals surface area contributed by atoms with Gasteiger partial charge >= 0.3 is 0 Å². The first-order valence-corrected chi connectivity index (χ1v) is 11.0. The first-order chi connectivity index (χ1) is 15.6. The third kappa shape index (κ3) is 6.21. The van der Waals surface area contributed by atoms with Gasteiger partial charge in [0, 0.05) is 25.9 Å². The summed E-state index contributed by atoms with van der Waals surface area (Å²) in [4.78, 5) is 9.43. The normalized spacial score (nSPS) is 15.5. The predicted molar refractivity (Wildman–Crippen MR) is 137 cm³/mol. The molecular weight excluding hydrogens is 533 g/mol. The number of hydrogen-bond acceptors (Lipinski definition) is 6. The van der Waals surface area contributed by atoms with Crippen LogP contribution >= 0.6 is 24.0 Å². The van der Waals surface area contributed by atoms with Gasteiger partial charge in [-0.05, 0) is 31.0 Å². The van der Waals surface area contributed by atoms with Crippen molar-refractivity contribution in [1.82, 2.24) is 40.2 Å². The van der Waals surface area contributed by atoms with Crippen molar-refractivity contribution in [3.05, 3.63) is 53.1 Å². The fourth-order valence-electron chi connectivity index (χ4n) is 3.64. The number of nitrogens with one attached hydrogen (secondary N) is 2. The summed E-state index contributed by atoms with van der Waals surface area (Å²) in [5.74, 6) is 5.29. The van der Waals surface area contributed by atoms with E-state index in [4.69, 9.17) is 9.73 Å². The molecule has 2 N–H and O–H groups in total. The van der Waals surface area contributed by atoms with Crippen LogP contribution in [0.1, 0.15) is 42.2 Å². The van der Waals surface area contributed by atoms with E-state index < -0.39 is 0 Å². The smallest absolute Gasteiger partial charge is 0.192 e. The Morgan fingerprint density at radius 1 is 1.24 bits per heavy atom. The molecule has 10 nitrogen and oxygen atoms in total. The number of benzene rings is 1. The van der Waals surface area contributed by atoms with E-state index in [0.29, 0.717) is 13.1 Å². The number of methoxy groups -OCH3 is 1. The van der Waals surface area contributed by atoms with Crippen LogP contribution in [0.2, 0.25) is 0 Å². The fraction of sp³-hybridized carbons (Fsp3) is 0.500. The van der Waals surface area contributed by atoms with Gasteiger partial charge in [-0.25, -0.2) is 14.7 Å². The third-order valence-electron chi connectivity index (χ3n) is 5.73. The molecule has 3 heterocycles. The standard InChI is InChI=1S/C22H31N9O.HI/c1-5-19-26-20-11-8-17(14-31(20)29-19)25-22(24-13-21-28-27-15(2)30(21)3)23-12-16-6-9-18(32-4)10-7-16;/h6-7,9-10,17H,5,8,11-14H2,1-4H3,(H2,23,24,25);1H. The molecule has 11 heteroatoms. The van der Waals surface area contributed by atoms with Crippen LogP contribution in [0.15, 0.2) is 29.3 Å². The molecule has 1 atom stereocenters. The maximum atomic E-state index is 5.25. The molecule has 0 spiro atoms. The minimum Gasteiger partial charge on any atom is -0.497 e. The minimum absolute atomic E-state index is 0. The van der Waals surface area contributed by atoms with Crippen molar-refractivity contribution in [2.75, 3.05) is 7.11 Å². The Labute approximate surface area is 211 Å². The first kappa shape index (κ1) is 24.9. The van der Waals surface area contributed by atoms with Crippen LogP contribution in [-0.2, 0) is 39.5 Å². The number of nitrogens with zero attached hydrogens (tertiary/aromatic N) is 7. The highest BCUT2D eigenvalue weighted by atomic mass is 127. The second-order valence-electron chi connectivity index (χ2n) is 7.95. The van der Waals surface area contributed by atoms with Gasteiger partial charge in [0.1, 0.15) is 17.4 Å². The highest BCUT2D eigenvalue weighted by molar-refractivity contribution is 14.0. The Morgan fingerprint density at radius 3 is 2.70 bits per heavy atom. The summed E-state index contributed by atoms with van der Waals surface area (Å²) in [7, 11) is 3.63. The van der Waals surface area contributed by atoms with Gasteiger partial charge in [0.25, 0.3) is 0 Å². The predicted octanol–water partition coefficient (Wildman–Crippen LogP) is 2.15. The van der Waals surface area contributed by atoms with Crippen LogP contribution in [0, 0.1) is 6.92 Å². The van der Waals surface area contributed by atoms with Gasteiger partial charge in [0.15, 0.2) is 17.6 Å². The summed E-state index contributed by atoms with van der Waals surface area (Å²) in [6.45, 7) is 5.88. The summed E-state index contributed by atoms with van der Waals surface area (Å²) in [5, 5.41) is 20.0. The number of aromatic nitrogens is 6. The second kappa shape index (κ2) is 11.4. The molecule has 1 aromatic carbocycles. The average molecular weight is 565 g/mol. The van der Waals surface area contributed by atoms with E-state index in [1.54, 1.807) is 7.11 Å². The zero-order valence-corrected chi connectivity index (χ0v) is 21.9. The largest absolute Gasteiger partial charge is 0.497 e. The average Bonchev–Trinajstić information content (AvgIpc) is 3.38. The van der Waals surface area contributed by atoms with Crippen LogP contribution in [0.5, 0.6) is 5.75 Å². The van der Waals surface area contributed by atoms with Crippen LogP contribution in [0.4, 0.5) is 0 Å². The molecule has 0 aliphatic carbocycles. The topological polar surface area (TPSA) is 107 Å². The van der Waals surface area contributed by atoms with Crippen molar-refractivity contribution in [2.45, 2.75) is 58.8 Å². The maximum absolute atomic E-state index is 5.25. The summed E-state index contributed by atoms with van der Waals surface area (Å²) >= 11 is 0. The van der Waals surface area contributed by atoms with Gasteiger partial charge in [0.2, 0.25) is 0 Å². The summed E-state index contributed by atoms with van der Waals surface area (Å²) in [6, 6.07) is 8.18. The summed E-state index contributed by atoms with van der Waals surface area (Å²) in [6.07, 6.45) is 2.73. The van der Waals surface area contributed by atoms with E-state index in [-0.39, 0.29) is 30.0 Å². The summed E-state index contributed by atoms with van der Waals surface area (Å²) in [5.41, 5.74) is 1.11. The summed E-state index contributed by atoms with van der Waals surface area (Å²) < 4.78 is 9.24. The molecule has 178 valence electrons. The monoisotopic (exact) mass is 565 g/mol. The van der Waals surface area contributed by atoms with Crippen molar-refractivity contribution in [2.24, 2.45) is 12.0 Å². The molecule has 33 heavy (non-hydrogen) atoms. The van der Waals surface area contributed by atoms with Crippen molar-refractivity contribution in [3.63, 3.8) is 0 Å². The van der Waals surface area contributed by atoms with Crippen molar-refractivity contribution in [3.8, 4) is 5.75 Å². The zero-order valence-electron chi connectivity index (χ0n) is 19.6. The fourth-order valence-corrected chi connectivity index (χ4v) is 3.64. The molecule has 0 bridgehead atoms. The van der Waals surface area contributed by atoms with Crippen LogP contribution in [0.25, 0.3) is 0 Å². The number of halogens is 1. The molecule has 1 aliphatic heterocycles. The molecule has 0 amide bonds. The highest BCUT2D eigenvalue weighted by Crippen LogP contribution is 2.14. The molecule has 0 saturated heterocycles. The molecule has 3 aromatic rings. The van der Waals surface area contributed by atoms with Crippen LogP contribution in [-0.4, -0.2) is 48.6 Å². The number of aliphatic imine (C=N–C) groups is 1. The van der Waals surface area contributed by atoms with E-state index in [1.807, 2.05) is 47.5 Å². The lowest BCUT2D eigenvalue weighted by Gasteiger charge is -2.25. The lowest BCUT2D eigenvalue weighted by molar-refractivity contribution is 0.391. The number of aryl methyl sites for hydroxylation is 3. The van der Waals surface area contributed by atoms with E-state index in [0.717, 1.165) is 66.4 Å². The van der Waals surface area contributed by atoms with Gasteiger partial charge in [0.05, 0.1) is 26.7 Å². The Hall–Kier alpha value is -2.70. The zero-order chi connectivity index (χ0) is 22.5. The molecule has 1 unspecified atom stereocenters.